The Bertz CT molecular complexity index is 666. The summed E-state index contributed by atoms with van der Waals surface area (Å²) in [6.07, 6.45) is 0. The van der Waals surface area contributed by atoms with E-state index in [9.17, 15) is 9.50 Å². The lowest BCUT2D eigenvalue weighted by Gasteiger charge is -2.37. The van der Waals surface area contributed by atoms with Gasteiger partial charge in [-0.15, -0.1) is 0 Å². The average Bonchev–Trinajstić information content (AvgIpc) is 2.52. The Morgan fingerprint density at radius 1 is 1.04 bits per heavy atom. The van der Waals surface area contributed by atoms with Crippen molar-refractivity contribution in [3.05, 3.63) is 59.9 Å². The van der Waals surface area contributed by atoms with E-state index < -0.39 is 17.0 Å². The molecule has 0 aliphatic heterocycles. The summed E-state index contributed by atoms with van der Waals surface area (Å²) < 4.78 is 25.3. The molecular weight excluding hydrogens is 306 g/mol. The first kappa shape index (κ1) is 18.5. The molecule has 0 aromatic heterocycles. The maximum atomic E-state index is 14.2. The Kier molecular flexibility index (Phi) is 5.68. The van der Waals surface area contributed by atoms with Crippen molar-refractivity contribution in [2.45, 2.75) is 45.5 Å². The van der Waals surface area contributed by atoms with Gasteiger partial charge in [-0.2, -0.15) is 0 Å². The summed E-state index contributed by atoms with van der Waals surface area (Å²) >= 11 is 0. The third kappa shape index (κ3) is 4.82. The highest BCUT2D eigenvalue weighted by molar-refractivity contribution is 6.47. The fourth-order valence-corrected chi connectivity index (χ4v) is 1.80. The molecule has 1 N–H and O–H groups in total. The lowest BCUT2D eigenvalue weighted by molar-refractivity contribution is -0.0893. The Morgan fingerprint density at radius 2 is 1.71 bits per heavy atom. The molecule has 2 rings (SSSR count). The SMILES string of the molecule is CC(C)(O)C(C)(C)O[B]c1ccc(OCc2ccccc2)c(F)c1. The van der Waals surface area contributed by atoms with Crippen molar-refractivity contribution in [3.8, 4) is 5.75 Å². The zero-order valence-corrected chi connectivity index (χ0v) is 14.5. The van der Waals surface area contributed by atoms with Gasteiger partial charge in [-0.05, 0) is 45.4 Å². The topological polar surface area (TPSA) is 38.7 Å². The van der Waals surface area contributed by atoms with Gasteiger partial charge >= 0.3 is 7.48 Å². The molecule has 0 bridgehead atoms. The van der Waals surface area contributed by atoms with E-state index in [-0.39, 0.29) is 5.75 Å². The molecule has 0 aliphatic carbocycles. The number of ether oxygens (including phenoxy) is 1. The molecule has 0 heterocycles. The molecule has 1 radical (unpaired) electrons. The van der Waals surface area contributed by atoms with Gasteiger partial charge in [-0.1, -0.05) is 41.9 Å². The van der Waals surface area contributed by atoms with E-state index in [1.807, 2.05) is 30.3 Å². The molecule has 0 aliphatic rings. The predicted octanol–water partition coefficient (Wildman–Crippen LogP) is 3.22. The number of aliphatic hydroxyl groups is 1. The normalized spacial score (nSPS) is 12.1. The Morgan fingerprint density at radius 3 is 2.29 bits per heavy atom. The van der Waals surface area contributed by atoms with Gasteiger partial charge in [0.25, 0.3) is 0 Å². The van der Waals surface area contributed by atoms with Crippen LogP contribution in [0.1, 0.15) is 33.3 Å². The molecule has 0 saturated heterocycles. The summed E-state index contributed by atoms with van der Waals surface area (Å²) in [4.78, 5) is 0. The summed E-state index contributed by atoms with van der Waals surface area (Å²) in [7, 11) is 1.45. The highest BCUT2D eigenvalue weighted by Crippen LogP contribution is 2.24. The van der Waals surface area contributed by atoms with Crippen LogP contribution >= 0.6 is 0 Å². The zero-order valence-electron chi connectivity index (χ0n) is 14.5. The van der Waals surface area contributed by atoms with E-state index in [0.717, 1.165) is 5.56 Å². The fraction of sp³-hybridized carbons (Fsp3) is 0.368. The van der Waals surface area contributed by atoms with Gasteiger partial charge in [0.15, 0.2) is 11.6 Å². The van der Waals surface area contributed by atoms with Gasteiger partial charge in [0.05, 0.1) is 11.2 Å². The Labute approximate surface area is 143 Å². The van der Waals surface area contributed by atoms with Gasteiger partial charge in [-0.3, -0.25) is 0 Å². The first-order valence-electron chi connectivity index (χ1n) is 7.89. The molecule has 5 heteroatoms. The average molecular weight is 329 g/mol. The van der Waals surface area contributed by atoms with Crippen LogP contribution in [0.25, 0.3) is 0 Å². The minimum Gasteiger partial charge on any atom is -0.486 e. The molecule has 0 unspecified atom stereocenters. The monoisotopic (exact) mass is 329 g/mol. The molecule has 2 aromatic rings. The molecule has 0 amide bonds. The summed E-state index contributed by atoms with van der Waals surface area (Å²) in [5.41, 5.74) is -0.285. The molecule has 2 aromatic carbocycles. The first-order chi connectivity index (χ1) is 11.2. The number of halogens is 1. The van der Waals surface area contributed by atoms with E-state index >= 15 is 0 Å². The van der Waals surface area contributed by atoms with Crippen molar-refractivity contribution < 1.29 is 18.9 Å². The quantitative estimate of drug-likeness (QED) is 0.793. The minimum atomic E-state index is -1.03. The van der Waals surface area contributed by atoms with Crippen molar-refractivity contribution in [1.82, 2.24) is 0 Å². The highest BCUT2D eigenvalue weighted by atomic mass is 19.1. The van der Waals surface area contributed by atoms with Gasteiger partial charge in [0, 0.05) is 0 Å². The van der Waals surface area contributed by atoms with Crippen LogP contribution in [-0.2, 0) is 11.3 Å². The second kappa shape index (κ2) is 7.37. The van der Waals surface area contributed by atoms with Crippen LogP contribution in [0.4, 0.5) is 4.39 Å². The third-order valence-electron chi connectivity index (χ3n) is 4.16. The summed E-state index contributed by atoms with van der Waals surface area (Å²) in [5.74, 6) is -0.262. The summed E-state index contributed by atoms with van der Waals surface area (Å²) in [6.45, 7) is 7.20. The van der Waals surface area contributed by atoms with Crippen molar-refractivity contribution in [2.75, 3.05) is 0 Å². The van der Waals surface area contributed by atoms with E-state index in [2.05, 4.69) is 0 Å². The van der Waals surface area contributed by atoms with Crippen molar-refractivity contribution >= 4 is 12.9 Å². The molecule has 3 nitrogen and oxygen atoms in total. The van der Waals surface area contributed by atoms with Gasteiger partial charge in [0.2, 0.25) is 0 Å². The number of benzene rings is 2. The van der Waals surface area contributed by atoms with Crippen molar-refractivity contribution in [3.63, 3.8) is 0 Å². The maximum Gasteiger partial charge on any atom is 0.331 e. The zero-order chi connectivity index (χ0) is 17.8. The van der Waals surface area contributed by atoms with Crippen LogP contribution in [0.15, 0.2) is 48.5 Å². The first-order valence-corrected chi connectivity index (χ1v) is 7.89. The fourth-order valence-electron chi connectivity index (χ4n) is 1.80. The molecule has 0 spiro atoms. The standard InChI is InChI=1S/C19H23BFO3/c1-18(2,22)19(3,4)24-20-15-10-11-17(16(21)12-15)23-13-14-8-6-5-7-9-14/h5-12,22H,13H2,1-4H3. The maximum absolute atomic E-state index is 14.2. The molecule has 0 atom stereocenters. The van der Waals surface area contributed by atoms with E-state index in [0.29, 0.717) is 12.1 Å². The molecule has 0 saturated carbocycles. The van der Waals surface area contributed by atoms with Crippen LogP contribution in [-0.4, -0.2) is 23.8 Å². The third-order valence-corrected chi connectivity index (χ3v) is 4.16. The summed E-state index contributed by atoms with van der Waals surface area (Å²) in [6, 6.07) is 14.2. The number of rotatable bonds is 7. The smallest absolute Gasteiger partial charge is 0.331 e. The van der Waals surface area contributed by atoms with E-state index in [1.165, 1.54) is 13.5 Å². The number of hydrogen-bond donors (Lipinski definition) is 1. The molecule has 0 fully saturated rings. The predicted molar refractivity (Wildman–Crippen MR) is 94.0 cm³/mol. The molecule has 24 heavy (non-hydrogen) atoms. The van der Waals surface area contributed by atoms with Gasteiger partial charge in [-0.25, -0.2) is 4.39 Å². The summed E-state index contributed by atoms with van der Waals surface area (Å²) in [5, 5.41) is 10.1. The molecule has 127 valence electrons. The van der Waals surface area contributed by atoms with Crippen molar-refractivity contribution in [2.24, 2.45) is 0 Å². The Balaban J connectivity index is 1.97. The van der Waals surface area contributed by atoms with Gasteiger partial charge < -0.3 is 14.5 Å². The van der Waals surface area contributed by atoms with Crippen LogP contribution < -0.4 is 10.2 Å². The van der Waals surface area contributed by atoms with Crippen LogP contribution in [0.3, 0.4) is 0 Å². The lowest BCUT2D eigenvalue weighted by atomic mass is 9.82. The minimum absolute atomic E-state index is 0.192. The highest BCUT2D eigenvalue weighted by Gasteiger charge is 2.35. The second-order valence-corrected chi connectivity index (χ2v) is 6.77. The van der Waals surface area contributed by atoms with Crippen LogP contribution in [0.2, 0.25) is 0 Å². The number of hydrogen-bond acceptors (Lipinski definition) is 3. The molecular formula is C19H23BFO3. The van der Waals surface area contributed by atoms with E-state index in [4.69, 9.17) is 9.39 Å². The van der Waals surface area contributed by atoms with Crippen molar-refractivity contribution in [1.29, 1.82) is 0 Å². The lowest BCUT2D eigenvalue weighted by Crippen LogP contribution is -2.49. The largest absolute Gasteiger partial charge is 0.486 e. The Hall–Kier alpha value is -1.85. The van der Waals surface area contributed by atoms with Crippen LogP contribution in [0, 0.1) is 5.82 Å². The van der Waals surface area contributed by atoms with E-state index in [1.54, 1.807) is 39.8 Å². The second-order valence-electron chi connectivity index (χ2n) is 6.77. The van der Waals surface area contributed by atoms with Gasteiger partial charge in [0.1, 0.15) is 6.61 Å². The van der Waals surface area contributed by atoms with Crippen LogP contribution in [0.5, 0.6) is 5.75 Å².